The Balaban J connectivity index is 1.41. The number of nitrogens with zero attached hydrogens (tertiary/aromatic N) is 2. The molecule has 0 saturated carbocycles. The second-order valence-corrected chi connectivity index (χ2v) is 7.74. The van der Waals surface area contributed by atoms with Crippen molar-refractivity contribution in [3.63, 3.8) is 0 Å². The van der Waals surface area contributed by atoms with Gasteiger partial charge in [-0.05, 0) is 22.8 Å². The molecule has 0 radical (unpaired) electrons. The highest BCUT2D eigenvalue weighted by Gasteiger charge is 2.24. The van der Waals surface area contributed by atoms with E-state index in [-0.39, 0.29) is 5.91 Å². The summed E-state index contributed by atoms with van der Waals surface area (Å²) in [5.74, 6) is 0.106. The summed E-state index contributed by atoms with van der Waals surface area (Å²) >= 11 is 0. The molecule has 3 aromatic rings. The molecule has 3 aromatic carbocycles. The van der Waals surface area contributed by atoms with Crippen LogP contribution in [0.15, 0.2) is 97.1 Å². The van der Waals surface area contributed by atoms with Crippen molar-refractivity contribution in [2.45, 2.75) is 0 Å². The monoisotopic (exact) mass is 408 g/mol. The second-order valence-electron chi connectivity index (χ2n) is 7.74. The van der Waals surface area contributed by atoms with Gasteiger partial charge in [0.25, 0.3) is 5.91 Å². The Kier molecular flexibility index (Phi) is 7.09. The first-order valence-corrected chi connectivity index (χ1v) is 10.8. The smallest absolute Gasteiger partial charge is 0.254 e. The van der Waals surface area contributed by atoms with E-state index < -0.39 is 0 Å². The quantitative estimate of drug-likeness (QED) is 0.419. The van der Waals surface area contributed by atoms with Gasteiger partial charge in [0.15, 0.2) is 0 Å². The molecule has 1 aliphatic heterocycles. The van der Waals surface area contributed by atoms with Gasteiger partial charge in [0.2, 0.25) is 0 Å². The van der Waals surface area contributed by atoms with Gasteiger partial charge in [-0.3, -0.25) is 9.69 Å². The lowest BCUT2D eigenvalue weighted by molar-refractivity contribution is -0.126. The molecule has 1 saturated heterocycles. The molecule has 31 heavy (non-hydrogen) atoms. The van der Waals surface area contributed by atoms with Crippen molar-refractivity contribution in [3.05, 3.63) is 114 Å². The first-order chi connectivity index (χ1) is 15.3. The summed E-state index contributed by atoms with van der Waals surface area (Å²) in [5.41, 5.74) is 3.98. The maximum absolute atomic E-state index is 13.4. The van der Waals surface area contributed by atoms with Gasteiger partial charge in [0, 0.05) is 38.3 Å². The molecule has 1 aliphatic rings. The first-order valence-electron chi connectivity index (χ1n) is 10.8. The van der Waals surface area contributed by atoms with Gasteiger partial charge in [0.05, 0.1) is 0 Å². The van der Waals surface area contributed by atoms with Crippen LogP contribution in [0.25, 0.3) is 17.7 Å². The molecule has 0 unspecified atom stereocenters. The van der Waals surface area contributed by atoms with Crippen LogP contribution in [0.5, 0.6) is 0 Å². The molecule has 1 fully saturated rings. The average Bonchev–Trinajstić information content (AvgIpc) is 2.84. The van der Waals surface area contributed by atoms with Crippen molar-refractivity contribution in [2.24, 2.45) is 0 Å². The van der Waals surface area contributed by atoms with Gasteiger partial charge >= 0.3 is 0 Å². The molecule has 0 aromatic heterocycles. The molecular weight excluding hydrogens is 380 g/mol. The van der Waals surface area contributed by atoms with Crippen LogP contribution in [0.1, 0.15) is 16.7 Å². The summed E-state index contributed by atoms with van der Waals surface area (Å²) < 4.78 is 0. The highest BCUT2D eigenvalue weighted by molar-refractivity contribution is 6.24. The summed E-state index contributed by atoms with van der Waals surface area (Å²) in [6, 6.07) is 30.4. The van der Waals surface area contributed by atoms with Crippen LogP contribution in [0.4, 0.5) is 0 Å². The molecule has 4 rings (SSSR count). The zero-order chi connectivity index (χ0) is 21.3. The Morgan fingerprint density at radius 2 is 1.26 bits per heavy atom. The molecule has 0 aliphatic carbocycles. The van der Waals surface area contributed by atoms with E-state index in [1.54, 1.807) is 0 Å². The predicted octanol–water partition coefficient (Wildman–Crippen LogP) is 5.08. The van der Waals surface area contributed by atoms with Gasteiger partial charge in [-0.1, -0.05) is 103 Å². The summed E-state index contributed by atoms with van der Waals surface area (Å²) in [5, 5.41) is 0. The predicted molar refractivity (Wildman–Crippen MR) is 129 cm³/mol. The fourth-order valence-electron chi connectivity index (χ4n) is 3.81. The molecule has 1 amide bonds. The highest BCUT2D eigenvalue weighted by Crippen LogP contribution is 2.22. The van der Waals surface area contributed by atoms with E-state index in [0.717, 1.165) is 49.4 Å². The zero-order valence-electron chi connectivity index (χ0n) is 17.7. The molecule has 3 heteroatoms. The minimum absolute atomic E-state index is 0.106. The van der Waals surface area contributed by atoms with Crippen LogP contribution in [0.2, 0.25) is 0 Å². The SMILES string of the molecule is O=C(/C(=C/c1ccccc1)c1ccccc1)N1CCN(C/C=C/c2ccccc2)CC1. The van der Waals surface area contributed by atoms with Gasteiger partial charge in [-0.2, -0.15) is 0 Å². The minimum atomic E-state index is 0.106. The maximum atomic E-state index is 13.4. The normalized spacial score (nSPS) is 15.4. The van der Waals surface area contributed by atoms with Crippen molar-refractivity contribution in [1.29, 1.82) is 0 Å². The van der Waals surface area contributed by atoms with Crippen LogP contribution in [0.3, 0.4) is 0 Å². The van der Waals surface area contributed by atoms with Crippen LogP contribution in [-0.2, 0) is 4.79 Å². The number of hydrogen-bond acceptors (Lipinski definition) is 2. The molecular formula is C28H28N2O. The minimum Gasteiger partial charge on any atom is -0.336 e. The third-order valence-electron chi connectivity index (χ3n) is 5.56. The molecule has 156 valence electrons. The van der Waals surface area contributed by atoms with Gasteiger partial charge in [-0.25, -0.2) is 0 Å². The fourth-order valence-corrected chi connectivity index (χ4v) is 3.81. The summed E-state index contributed by atoms with van der Waals surface area (Å²) in [7, 11) is 0. The molecule has 0 spiro atoms. The zero-order valence-corrected chi connectivity index (χ0v) is 17.7. The number of carbonyl (C=O) groups is 1. The molecule has 0 atom stereocenters. The molecule has 0 N–H and O–H groups in total. The van der Waals surface area contributed by atoms with E-state index >= 15 is 0 Å². The Hall–Kier alpha value is -3.43. The van der Waals surface area contributed by atoms with Crippen molar-refractivity contribution >= 4 is 23.6 Å². The lowest BCUT2D eigenvalue weighted by Gasteiger charge is -2.34. The largest absolute Gasteiger partial charge is 0.336 e. The highest BCUT2D eigenvalue weighted by atomic mass is 16.2. The summed E-state index contributed by atoms with van der Waals surface area (Å²) in [6.45, 7) is 4.17. The third kappa shape index (κ3) is 5.80. The van der Waals surface area contributed by atoms with Gasteiger partial charge in [-0.15, -0.1) is 0 Å². The summed E-state index contributed by atoms with van der Waals surface area (Å²) in [4.78, 5) is 17.8. The number of benzene rings is 3. The fraction of sp³-hybridized carbons (Fsp3) is 0.179. The number of hydrogen-bond donors (Lipinski definition) is 0. The Bertz CT molecular complexity index is 1020. The van der Waals surface area contributed by atoms with E-state index in [1.807, 2.05) is 77.7 Å². The van der Waals surface area contributed by atoms with Crippen LogP contribution >= 0.6 is 0 Å². The number of amides is 1. The van der Waals surface area contributed by atoms with E-state index in [1.165, 1.54) is 5.56 Å². The third-order valence-corrected chi connectivity index (χ3v) is 5.56. The first kappa shape index (κ1) is 20.8. The Labute approximate surface area is 184 Å². The van der Waals surface area contributed by atoms with Crippen molar-refractivity contribution < 1.29 is 4.79 Å². The lowest BCUT2D eigenvalue weighted by atomic mass is 10.0. The van der Waals surface area contributed by atoms with Crippen LogP contribution in [0, 0.1) is 0 Å². The van der Waals surface area contributed by atoms with E-state index in [2.05, 4.69) is 41.3 Å². The van der Waals surface area contributed by atoms with Crippen molar-refractivity contribution in [3.8, 4) is 0 Å². The lowest BCUT2D eigenvalue weighted by Crippen LogP contribution is -2.48. The van der Waals surface area contributed by atoms with Crippen LogP contribution in [-0.4, -0.2) is 48.4 Å². The van der Waals surface area contributed by atoms with E-state index in [0.29, 0.717) is 0 Å². The number of piperazine rings is 1. The van der Waals surface area contributed by atoms with Crippen molar-refractivity contribution in [2.75, 3.05) is 32.7 Å². The maximum Gasteiger partial charge on any atom is 0.254 e. The van der Waals surface area contributed by atoms with E-state index in [9.17, 15) is 4.79 Å². The standard InChI is InChI=1S/C28H28N2O/c31-28(27(26-16-8-3-9-17-26)23-25-13-6-2-7-14-25)30-21-19-29(20-22-30)18-10-15-24-11-4-1-5-12-24/h1-17,23H,18-22H2/b15-10+,27-23+. The average molecular weight is 409 g/mol. The summed E-state index contributed by atoms with van der Waals surface area (Å²) in [6.07, 6.45) is 6.37. The van der Waals surface area contributed by atoms with Crippen molar-refractivity contribution in [1.82, 2.24) is 9.80 Å². The Morgan fingerprint density at radius 1 is 0.710 bits per heavy atom. The second kappa shape index (κ2) is 10.6. The Morgan fingerprint density at radius 3 is 1.87 bits per heavy atom. The van der Waals surface area contributed by atoms with E-state index in [4.69, 9.17) is 0 Å². The molecule has 3 nitrogen and oxygen atoms in total. The van der Waals surface area contributed by atoms with Crippen LogP contribution < -0.4 is 0 Å². The number of carbonyl (C=O) groups excluding carboxylic acids is 1. The molecule has 1 heterocycles. The van der Waals surface area contributed by atoms with Gasteiger partial charge < -0.3 is 4.90 Å². The molecule has 0 bridgehead atoms. The van der Waals surface area contributed by atoms with Gasteiger partial charge in [0.1, 0.15) is 0 Å². The number of rotatable bonds is 6. The topological polar surface area (TPSA) is 23.6 Å².